The molecule has 0 bridgehead atoms. The summed E-state index contributed by atoms with van der Waals surface area (Å²) < 4.78 is 0. The van der Waals surface area contributed by atoms with Crippen LogP contribution in [-0.2, 0) is 9.59 Å². The van der Waals surface area contributed by atoms with Crippen LogP contribution in [0.5, 0.6) is 0 Å². The van der Waals surface area contributed by atoms with Gasteiger partial charge >= 0.3 is 0 Å². The van der Waals surface area contributed by atoms with E-state index in [9.17, 15) is 9.59 Å². The molecule has 0 aliphatic carbocycles. The molecule has 20 heavy (non-hydrogen) atoms. The fourth-order valence-corrected chi connectivity index (χ4v) is 1.73. The Morgan fingerprint density at radius 3 is 2.70 bits per heavy atom. The molecule has 0 saturated heterocycles. The van der Waals surface area contributed by atoms with Gasteiger partial charge in [-0.05, 0) is 44.0 Å². The SMILES string of the molecule is CCNC(=O)C(C)NC(=O)/C=C/c1ccc(C)c(Cl)c1. The van der Waals surface area contributed by atoms with Crippen molar-refractivity contribution in [2.75, 3.05) is 6.54 Å². The molecule has 2 N–H and O–H groups in total. The Morgan fingerprint density at radius 1 is 1.40 bits per heavy atom. The van der Waals surface area contributed by atoms with Gasteiger partial charge in [-0.2, -0.15) is 0 Å². The van der Waals surface area contributed by atoms with Crippen LogP contribution >= 0.6 is 11.6 Å². The zero-order valence-electron chi connectivity index (χ0n) is 11.9. The summed E-state index contributed by atoms with van der Waals surface area (Å²) in [4.78, 5) is 23.1. The Morgan fingerprint density at radius 2 is 2.10 bits per heavy atom. The largest absolute Gasteiger partial charge is 0.355 e. The number of carbonyl (C=O) groups excluding carboxylic acids is 2. The molecule has 1 rings (SSSR count). The average Bonchev–Trinajstić information content (AvgIpc) is 2.40. The lowest BCUT2D eigenvalue weighted by Gasteiger charge is -2.11. The maximum Gasteiger partial charge on any atom is 0.244 e. The smallest absolute Gasteiger partial charge is 0.244 e. The van der Waals surface area contributed by atoms with Crippen LogP contribution in [0, 0.1) is 6.92 Å². The van der Waals surface area contributed by atoms with Crippen molar-refractivity contribution >= 4 is 29.5 Å². The molecule has 5 heteroatoms. The van der Waals surface area contributed by atoms with Gasteiger partial charge in [0, 0.05) is 17.6 Å². The van der Waals surface area contributed by atoms with Gasteiger partial charge in [0.15, 0.2) is 0 Å². The first-order valence-electron chi connectivity index (χ1n) is 6.46. The number of likely N-dealkylation sites (N-methyl/N-ethyl adjacent to an activating group) is 1. The normalized spacial score (nSPS) is 12.2. The van der Waals surface area contributed by atoms with Gasteiger partial charge in [-0.1, -0.05) is 23.7 Å². The number of hydrogen-bond acceptors (Lipinski definition) is 2. The maximum atomic E-state index is 11.7. The van der Waals surface area contributed by atoms with Gasteiger partial charge in [0.05, 0.1) is 0 Å². The van der Waals surface area contributed by atoms with Crippen LogP contribution in [0.3, 0.4) is 0 Å². The predicted octanol–water partition coefficient (Wildman–Crippen LogP) is 2.30. The van der Waals surface area contributed by atoms with Crippen molar-refractivity contribution in [1.29, 1.82) is 0 Å². The fourth-order valence-electron chi connectivity index (χ4n) is 1.54. The highest BCUT2D eigenvalue weighted by atomic mass is 35.5. The zero-order chi connectivity index (χ0) is 15.1. The molecule has 2 amide bonds. The second-order valence-corrected chi connectivity index (χ2v) is 4.87. The number of nitrogens with one attached hydrogen (secondary N) is 2. The molecule has 1 unspecified atom stereocenters. The molecule has 0 aliphatic heterocycles. The van der Waals surface area contributed by atoms with Crippen molar-refractivity contribution in [3.63, 3.8) is 0 Å². The summed E-state index contributed by atoms with van der Waals surface area (Å²) in [6, 6.07) is 4.98. The highest BCUT2D eigenvalue weighted by Crippen LogP contribution is 2.17. The van der Waals surface area contributed by atoms with E-state index in [1.807, 2.05) is 26.0 Å². The lowest BCUT2D eigenvalue weighted by molar-refractivity contribution is -0.126. The molecule has 1 atom stereocenters. The summed E-state index contributed by atoms with van der Waals surface area (Å²) in [6.45, 7) is 5.92. The third-order valence-electron chi connectivity index (χ3n) is 2.73. The first-order valence-corrected chi connectivity index (χ1v) is 6.84. The van der Waals surface area contributed by atoms with Gasteiger partial charge in [0.1, 0.15) is 6.04 Å². The highest BCUT2D eigenvalue weighted by Gasteiger charge is 2.12. The van der Waals surface area contributed by atoms with Crippen molar-refractivity contribution in [2.24, 2.45) is 0 Å². The quantitative estimate of drug-likeness (QED) is 0.819. The van der Waals surface area contributed by atoms with Crippen LogP contribution in [0.1, 0.15) is 25.0 Å². The summed E-state index contributed by atoms with van der Waals surface area (Å²) in [5, 5.41) is 5.89. The zero-order valence-corrected chi connectivity index (χ0v) is 12.6. The third-order valence-corrected chi connectivity index (χ3v) is 3.13. The van der Waals surface area contributed by atoms with Crippen molar-refractivity contribution in [2.45, 2.75) is 26.8 Å². The summed E-state index contributed by atoms with van der Waals surface area (Å²) >= 11 is 6.00. The molecule has 0 aliphatic rings. The molecule has 1 aromatic rings. The molecule has 1 aromatic carbocycles. The van der Waals surface area contributed by atoms with Gasteiger partial charge in [0.25, 0.3) is 0 Å². The Balaban J connectivity index is 2.59. The number of hydrogen-bond donors (Lipinski definition) is 2. The van der Waals surface area contributed by atoms with E-state index in [1.165, 1.54) is 6.08 Å². The number of aryl methyl sites for hydroxylation is 1. The second-order valence-electron chi connectivity index (χ2n) is 4.47. The molecule has 4 nitrogen and oxygen atoms in total. The minimum atomic E-state index is -0.561. The van der Waals surface area contributed by atoms with Gasteiger partial charge < -0.3 is 10.6 Å². The number of rotatable bonds is 5. The number of carbonyl (C=O) groups is 2. The van der Waals surface area contributed by atoms with Crippen molar-refractivity contribution < 1.29 is 9.59 Å². The number of benzene rings is 1. The van der Waals surface area contributed by atoms with Crippen LogP contribution in [-0.4, -0.2) is 24.4 Å². The van der Waals surface area contributed by atoms with Crippen LogP contribution in [0.25, 0.3) is 6.08 Å². The molecule has 0 heterocycles. The van der Waals surface area contributed by atoms with E-state index in [2.05, 4.69) is 10.6 Å². The lowest BCUT2D eigenvalue weighted by atomic mass is 10.1. The Hall–Kier alpha value is -1.81. The summed E-state index contributed by atoms with van der Waals surface area (Å²) in [5.74, 6) is -0.520. The van der Waals surface area contributed by atoms with Crippen LogP contribution in [0.4, 0.5) is 0 Å². The van der Waals surface area contributed by atoms with Crippen LogP contribution in [0.2, 0.25) is 5.02 Å². The number of halogens is 1. The predicted molar refractivity (Wildman–Crippen MR) is 81.5 cm³/mol. The van der Waals surface area contributed by atoms with Crippen molar-refractivity contribution in [3.8, 4) is 0 Å². The minimum Gasteiger partial charge on any atom is -0.355 e. The maximum absolute atomic E-state index is 11.7. The van der Waals surface area contributed by atoms with Crippen LogP contribution < -0.4 is 10.6 Å². The molecule has 108 valence electrons. The van der Waals surface area contributed by atoms with E-state index in [1.54, 1.807) is 19.1 Å². The highest BCUT2D eigenvalue weighted by molar-refractivity contribution is 6.31. The first-order chi connectivity index (χ1) is 9.43. The minimum absolute atomic E-state index is 0.201. The summed E-state index contributed by atoms with van der Waals surface area (Å²) in [5.41, 5.74) is 1.82. The van der Waals surface area contributed by atoms with E-state index in [4.69, 9.17) is 11.6 Å². The van der Waals surface area contributed by atoms with Gasteiger partial charge in [-0.25, -0.2) is 0 Å². The van der Waals surface area contributed by atoms with Crippen LogP contribution in [0.15, 0.2) is 24.3 Å². The van der Waals surface area contributed by atoms with Gasteiger partial charge in [-0.3, -0.25) is 9.59 Å². The van der Waals surface area contributed by atoms with E-state index < -0.39 is 6.04 Å². The van der Waals surface area contributed by atoms with Gasteiger partial charge in [0.2, 0.25) is 11.8 Å². The standard InChI is InChI=1S/C15H19ClN2O2/c1-4-17-15(20)11(3)18-14(19)8-7-12-6-5-10(2)13(16)9-12/h5-9,11H,4H2,1-3H3,(H,17,20)(H,18,19)/b8-7+. The molecule has 0 spiro atoms. The molecular weight excluding hydrogens is 276 g/mol. The fraction of sp³-hybridized carbons (Fsp3) is 0.333. The number of amides is 2. The van der Waals surface area contributed by atoms with E-state index in [0.29, 0.717) is 11.6 Å². The van der Waals surface area contributed by atoms with E-state index in [-0.39, 0.29) is 11.8 Å². The average molecular weight is 295 g/mol. The molecule has 0 fully saturated rings. The van der Waals surface area contributed by atoms with E-state index >= 15 is 0 Å². The molecular formula is C15H19ClN2O2. The Kier molecular flexibility index (Phi) is 6.25. The van der Waals surface area contributed by atoms with E-state index in [0.717, 1.165) is 11.1 Å². The molecule has 0 radical (unpaired) electrons. The van der Waals surface area contributed by atoms with Crippen molar-refractivity contribution in [1.82, 2.24) is 10.6 Å². The summed E-state index contributed by atoms with van der Waals surface area (Å²) in [6.07, 6.45) is 3.04. The third kappa shape index (κ3) is 5.05. The molecule has 0 saturated carbocycles. The first kappa shape index (κ1) is 16.2. The monoisotopic (exact) mass is 294 g/mol. The lowest BCUT2D eigenvalue weighted by Crippen LogP contribution is -2.44. The van der Waals surface area contributed by atoms with Gasteiger partial charge in [-0.15, -0.1) is 0 Å². The molecule has 0 aromatic heterocycles. The second kappa shape index (κ2) is 7.70. The van der Waals surface area contributed by atoms with Crippen molar-refractivity contribution in [3.05, 3.63) is 40.4 Å². The Labute approximate surface area is 124 Å². The summed E-state index contributed by atoms with van der Waals surface area (Å²) in [7, 11) is 0. The Bertz CT molecular complexity index is 527. The topological polar surface area (TPSA) is 58.2 Å².